The lowest BCUT2D eigenvalue weighted by Gasteiger charge is -2.27. The molecular formula is C13H15BrCl2O2. The van der Waals surface area contributed by atoms with Crippen molar-refractivity contribution in [2.75, 3.05) is 11.9 Å². The molecule has 0 unspecified atom stereocenters. The molecule has 1 saturated heterocycles. The fraction of sp³-hybridized carbons (Fsp3) is 0.538. The van der Waals surface area contributed by atoms with Gasteiger partial charge in [-0.25, -0.2) is 0 Å². The van der Waals surface area contributed by atoms with Gasteiger partial charge in [0.15, 0.2) is 0 Å². The molecule has 0 radical (unpaired) electrons. The second-order valence-electron chi connectivity index (χ2n) is 4.35. The third kappa shape index (κ3) is 2.86. The third-order valence-corrected chi connectivity index (χ3v) is 4.27. The van der Waals surface area contributed by atoms with Gasteiger partial charge in [0.2, 0.25) is 5.79 Å². The fourth-order valence-corrected chi connectivity index (χ4v) is 3.26. The number of alkyl halides is 1. The van der Waals surface area contributed by atoms with E-state index in [9.17, 15) is 0 Å². The Hall–Kier alpha value is 0.200. The van der Waals surface area contributed by atoms with Crippen molar-refractivity contribution in [3.63, 3.8) is 0 Å². The Morgan fingerprint density at radius 3 is 2.83 bits per heavy atom. The number of hydrogen-bond acceptors (Lipinski definition) is 2. The molecule has 0 aromatic heterocycles. The third-order valence-electron chi connectivity index (χ3n) is 2.99. The van der Waals surface area contributed by atoms with Crippen LogP contribution in [0.2, 0.25) is 10.0 Å². The van der Waals surface area contributed by atoms with E-state index >= 15 is 0 Å². The minimum absolute atomic E-state index is 0.124. The molecular weight excluding hydrogens is 339 g/mol. The Morgan fingerprint density at radius 1 is 1.44 bits per heavy atom. The highest BCUT2D eigenvalue weighted by Gasteiger charge is 2.43. The van der Waals surface area contributed by atoms with E-state index in [2.05, 4.69) is 22.9 Å². The van der Waals surface area contributed by atoms with Gasteiger partial charge in [0.1, 0.15) is 0 Å². The summed E-state index contributed by atoms with van der Waals surface area (Å²) in [6.45, 7) is 2.73. The van der Waals surface area contributed by atoms with Crippen molar-refractivity contribution in [3.05, 3.63) is 33.8 Å². The first-order chi connectivity index (χ1) is 8.61. The van der Waals surface area contributed by atoms with Crippen molar-refractivity contribution in [1.82, 2.24) is 0 Å². The lowest BCUT2D eigenvalue weighted by molar-refractivity contribution is -0.157. The second kappa shape index (κ2) is 6.10. The van der Waals surface area contributed by atoms with Crippen LogP contribution >= 0.6 is 39.1 Å². The molecule has 0 bridgehead atoms. The summed E-state index contributed by atoms with van der Waals surface area (Å²) in [6.07, 6.45) is 2.18. The molecule has 0 spiro atoms. The quantitative estimate of drug-likeness (QED) is 0.727. The predicted octanol–water partition coefficient (Wildman–Crippen LogP) is 4.76. The van der Waals surface area contributed by atoms with Crippen LogP contribution in [0, 0.1) is 0 Å². The maximum Gasteiger partial charge on any atom is 0.206 e. The molecule has 1 aromatic carbocycles. The molecule has 0 aliphatic carbocycles. The van der Waals surface area contributed by atoms with E-state index in [0.29, 0.717) is 22.0 Å². The van der Waals surface area contributed by atoms with Gasteiger partial charge in [-0.3, -0.25) is 0 Å². The number of rotatable bonds is 4. The van der Waals surface area contributed by atoms with E-state index < -0.39 is 5.79 Å². The van der Waals surface area contributed by atoms with E-state index in [1.165, 1.54) is 0 Å². The molecule has 0 amide bonds. The van der Waals surface area contributed by atoms with Gasteiger partial charge in [0.25, 0.3) is 0 Å². The summed E-state index contributed by atoms with van der Waals surface area (Å²) in [5.41, 5.74) is 0.823. The molecule has 0 saturated carbocycles. The van der Waals surface area contributed by atoms with Crippen LogP contribution in [0.5, 0.6) is 0 Å². The van der Waals surface area contributed by atoms with E-state index in [-0.39, 0.29) is 6.10 Å². The molecule has 1 aliphatic rings. The first-order valence-corrected chi connectivity index (χ1v) is 7.82. The van der Waals surface area contributed by atoms with Gasteiger partial charge in [-0.15, -0.1) is 0 Å². The van der Waals surface area contributed by atoms with Gasteiger partial charge in [-0.1, -0.05) is 58.5 Å². The predicted molar refractivity (Wildman–Crippen MR) is 77.7 cm³/mol. The average molecular weight is 354 g/mol. The molecule has 100 valence electrons. The molecule has 2 nitrogen and oxygen atoms in total. The van der Waals surface area contributed by atoms with Crippen molar-refractivity contribution in [2.24, 2.45) is 0 Å². The monoisotopic (exact) mass is 352 g/mol. The Bertz CT molecular complexity index is 427. The van der Waals surface area contributed by atoms with E-state index in [1.54, 1.807) is 12.1 Å². The zero-order valence-corrected chi connectivity index (χ0v) is 13.2. The highest BCUT2D eigenvalue weighted by molar-refractivity contribution is 9.09. The largest absolute Gasteiger partial charge is 0.342 e. The highest BCUT2D eigenvalue weighted by Crippen LogP contribution is 2.41. The standard InChI is InChI=1S/C13H15BrCl2O2/c1-2-3-10-7-17-13(8-14,18-10)11-5-4-9(15)6-12(11)16/h4-6,10H,2-3,7-8H2,1H3/t10-,13+/m1/s1. The average Bonchev–Trinajstić information content (AvgIpc) is 2.74. The van der Waals surface area contributed by atoms with E-state index in [1.807, 2.05) is 6.07 Å². The van der Waals surface area contributed by atoms with Crippen LogP contribution in [0.3, 0.4) is 0 Å². The first-order valence-electron chi connectivity index (χ1n) is 5.94. The van der Waals surface area contributed by atoms with Gasteiger partial charge in [-0.2, -0.15) is 0 Å². The van der Waals surface area contributed by atoms with Crippen LogP contribution < -0.4 is 0 Å². The van der Waals surface area contributed by atoms with Crippen LogP contribution in [0.1, 0.15) is 25.3 Å². The number of ether oxygens (including phenoxy) is 2. The molecule has 2 atom stereocenters. The molecule has 2 rings (SSSR count). The number of benzene rings is 1. The molecule has 5 heteroatoms. The van der Waals surface area contributed by atoms with Gasteiger partial charge in [0.05, 0.1) is 23.1 Å². The lowest BCUT2D eigenvalue weighted by Crippen LogP contribution is -2.30. The maximum atomic E-state index is 6.24. The summed E-state index contributed by atoms with van der Waals surface area (Å²) in [5.74, 6) is -0.790. The molecule has 1 heterocycles. The minimum atomic E-state index is -0.790. The summed E-state index contributed by atoms with van der Waals surface area (Å²) in [6, 6.07) is 5.37. The SMILES string of the molecule is CCC[C@@H]1CO[C@](CBr)(c2ccc(Cl)cc2Cl)O1. The first kappa shape index (κ1) is 14.6. The summed E-state index contributed by atoms with van der Waals surface area (Å²) >= 11 is 15.6. The number of halogens is 3. The van der Waals surface area contributed by atoms with Crippen molar-refractivity contribution in [2.45, 2.75) is 31.7 Å². The fourth-order valence-electron chi connectivity index (χ4n) is 2.11. The molecule has 0 N–H and O–H groups in total. The van der Waals surface area contributed by atoms with Crippen molar-refractivity contribution >= 4 is 39.1 Å². The molecule has 1 aromatic rings. The molecule has 1 fully saturated rings. The number of hydrogen-bond donors (Lipinski definition) is 0. The zero-order chi connectivity index (χ0) is 13.2. The summed E-state index contributed by atoms with van der Waals surface area (Å²) < 4.78 is 11.9. The van der Waals surface area contributed by atoms with Crippen molar-refractivity contribution in [3.8, 4) is 0 Å². The Morgan fingerprint density at radius 2 is 2.22 bits per heavy atom. The van der Waals surface area contributed by atoms with Gasteiger partial charge in [0, 0.05) is 10.6 Å². The lowest BCUT2D eigenvalue weighted by atomic mass is 10.1. The van der Waals surface area contributed by atoms with Crippen LogP contribution in [-0.4, -0.2) is 18.0 Å². The Kier molecular flexibility index (Phi) is 4.95. The van der Waals surface area contributed by atoms with Crippen LogP contribution in [-0.2, 0) is 15.3 Å². The van der Waals surface area contributed by atoms with Crippen LogP contribution in [0.4, 0.5) is 0 Å². The topological polar surface area (TPSA) is 18.5 Å². The van der Waals surface area contributed by atoms with Crippen LogP contribution in [0.25, 0.3) is 0 Å². The maximum absolute atomic E-state index is 6.24. The van der Waals surface area contributed by atoms with E-state index in [4.69, 9.17) is 32.7 Å². The smallest absolute Gasteiger partial charge is 0.206 e. The van der Waals surface area contributed by atoms with Gasteiger partial charge < -0.3 is 9.47 Å². The van der Waals surface area contributed by atoms with Crippen molar-refractivity contribution in [1.29, 1.82) is 0 Å². The molecule has 18 heavy (non-hydrogen) atoms. The summed E-state index contributed by atoms with van der Waals surface area (Å²) in [7, 11) is 0. The Labute approximate surface area is 126 Å². The highest BCUT2D eigenvalue weighted by atomic mass is 79.9. The minimum Gasteiger partial charge on any atom is -0.342 e. The Balaban J connectivity index is 2.28. The summed E-state index contributed by atoms with van der Waals surface area (Å²) in [5, 5.41) is 1.72. The second-order valence-corrected chi connectivity index (χ2v) is 5.75. The zero-order valence-electron chi connectivity index (χ0n) is 10.1. The normalized spacial score (nSPS) is 27.7. The molecule has 1 aliphatic heterocycles. The van der Waals surface area contributed by atoms with Crippen molar-refractivity contribution < 1.29 is 9.47 Å². The van der Waals surface area contributed by atoms with Crippen LogP contribution in [0.15, 0.2) is 18.2 Å². The van der Waals surface area contributed by atoms with Gasteiger partial charge in [-0.05, 0) is 18.6 Å². The van der Waals surface area contributed by atoms with E-state index in [0.717, 1.165) is 18.4 Å². The summed E-state index contributed by atoms with van der Waals surface area (Å²) in [4.78, 5) is 0. The van der Waals surface area contributed by atoms with Gasteiger partial charge >= 0.3 is 0 Å².